The molecule has 0 bridgehead atoms. The molecular formula is C25H19N3O3. The predicted molar refractivity (Wildman–Crippen MR) is 112 cm³/mol. The molecule has 3 atom stereocenters. The molecule has 0 N–H and O–H groups in total. The van der Waals surface area contributed by atoms with Crippen molar-refractivity contribution in [1.29, 1.82) is 10.5 Å². The van der Waals surface area contributed by atoms with Crippen LogP contribution in [0.25, 0.3) is 6.08 Å². The largest absolute Gasteiger partial charge is 0.454 e. The number of Topliss-reactive ketones (excluding diaryl/α,β-unsaturated/α-hetero) is 1. The third-order valence-corrected chi connectivity index (χ3v) is 6.94. The lowest BCUT2D eigenvalue weighted by Gasteiger charge is -2.35. The Morgan fingerprint density at radius 1 is 1.06 bits per heavy atom. The number of nitriles is 2. The van der Waals surface area contributed by atoms with E-state index in [-0.39, 0.29) is 18.5 Å². The van der Waals surface area contributed by atoms with Crippen molar-refractivity contribution < 1.29 is 14.3 Å². The van der Waals surface area contributed by atoms with Crippen LogP contribution < -0.4 is 14.4 Å². The zero-order valence-corrected chi connectivity index (χ0v) is 16.7. The molecule has 2 aromatic carbocycles. The molecule has 1 aliphatic carbocycles. The van der Waals surface area contributed by atoms with E-state index in [1.165, 1.54) is 0 Å². The van der Waals surface area contributed by atoms with Crippen molar-refractivity contribution in [3.05, 3.63) is 59.7 Å². The first kappa shape index (κ1) is 18.0. The first-order chi connectivity index (χ1) is 15.2. The van der Waals surface area contributed by atoms with Crippen molar-refractivity contribution in [2.24, 2.45) is 11.3 Å². The summed E-state index contributed by atoms with van der Waals surface area (Å²) < 4.78 is 11.0. The minimum atomic E-state index is -1.41. The second-order valence-electron chi connectivity index (χ2n) is 8.57. The van der Waals surface area contributed by atoms with Gasteiger partial charge in [-0.1, -0.05) is 36.4 Å². The maximum atomic E-state index is 13.7. The zero-order chi connectivity index (χ0) is 21.2. The molecule has 1 saturated heterocycles. The number of rotatable bonds is 3. The summed E-state index contributed by atoms with van der Waals surface area (Å²) in [6.45, 7) is 0.139. The first-order valence-electron chi connectivity index (χ1n) is 10.5. The van der Waals surface area contributed by atoms with Gasteiger partial charge in [0.05, 0.1) is 24.2 Å². The lowest BCUT2D eigenvalue weighted by atomic mass is 9.69. The van der Waals surface area contributed by atoms with Crippen LogP contribution in [0.15, 0.2) is 48.5 Å². The van der Waals surface area contributed by atoms with Crippen LogP contribution in [-0.4, -0.2) is 24.7 Å². The number of ether oxygens (including phenoxy) is 2. The van der Waals surface area contributed by atoms with E-state index in [9.17, 15) is 15.3 Å². The van der Waals surface area contributed by atoms with Gasteiger partial charge in [-0.3, -0.25) is 4.79 Å². The number of hydrogen-bond donors (Lipinski definition) is 0. The Hall–Kier alpha value is -3.77. The van der Waals surface area contributed by atoms with Gasteiger partial charge in [0.15, 0.2) is 22.7 Å². The zero-order valence-electron chi connectivity index (χ0n) is 16.7. The van der Waals surface area contributed by atoms with Gasteiger partial charge in [0, 0.05) is 17.5 Å². The van der Waals surface area contributed by atoms with Crippen LogP contribution in [0.1, 0.15) is 29.9 Å². The molecule has 6 nitrogen and oxygen atoms in total. The molecule has 0 spiro atoms. The highest BCUT2D eigenvalue weighted by atomic mass is 16.7. The van der Waals surface area contributed by atoms with Crippen LogP contribution in [0.3, 0.4) is 0 Å². The van der Waals surface area contributed by atoms with Crippen LogP contribution >= 0.6 is 0 Å². The van der Waals surface area contributed by atoms with Gasteiger partial charge in [0.1, 0.15) is 0 Å². The molecule has 152 valence electrons. The van der Waals surface area contributed by atoms with Crippen LogP contribution in [0.4, 0.5) is 5.69 Å². The van der Waals surface area contributed by atoms with E-state index in [4.69, 9.17) is 9.47 Å². The summed E-state index contributed by atoms with van der Waals surface area (Å²) in [7, 11) is 0. The van der Waals surface area contributed by atoms with E-state index in [1.807, 2.05) is 53.5 Å². The third kappa shape index (κ3) is 2.39. The number of fused-ring (bicyclic) bond motifs is 4. The number of ketones is 1. The molecule has 2 fully saturated rings. The molecule has 1 saturated carbocycles. The van der Waals surface area contributed by atoms with Crippen LogP contribution in [-0.2, 0) is 4.79 Å². The second-order valence-corrected chi connectivity index (χ2v) is 8.57. The van der Waals surface area contributed by atoms with E-state index >= 15 is 0 Å². The Kier molecular flexibility index (Phi) is 3.70. The van der Waals surface area contributed by atoms with Gasteiger partial charge in [0.25, 0.3) is 0 Å². The van der Waals surface area contributed by atoms with E-state index in [1.54, 1.807) is 6.07 Å². The standard InChI is InChI=1S/C25H19N3O3/c26-12-25(13-27)21-10-8-15-3-1-2-4-18(15)28(21)23(24(29)16-5-6-16)22(25)17-7-9-19-20(11-17)31-14-30-19/h1-4,7-11,16,21-23H,5-6,14H2/t21-,22+,23+/m1/s1. The number of anilines is 1. The highest BCUT2D eigenvalue weighted by molar-refractivity contribution is 5.95. The molecule has 3 heterocycles. The maximum absolute atomic E-state index is 13.7. The van der Waals surface area contributed by atoms with E-state index in [0.717, 1.165) is 29.7 Å². The van der Waals surface area contributed by atoms with Gasteiger partial charge in [-0.25, -0.2) is 0 Å². The SMILES string of the molecule is N#CC1(C#N)[C@@H](c2ccc3c(c2)OCO3)[C@@H](C(=O)C2CC2)N2c3ccccc3C=C[C@@H]21. The Balaban J connectivity index is 1.59. The molecule has 0 amide bonds. The fraction of sp³-hybridized carbons (Fsp3) is 0.320. The molecule has 6 rings (SSSR count). The summed E-state index contributed by atoms with van der Waals surface area (Å²) in [6.07, 6.45) is 5.60. The summed E-state index contributed by atoms with van der Waals surface area (Å²) >= 11 is 0. The molecule has 0 radical (unpaired) electrons. The van der Waals surface area contributed by atoms with Crippen LogP contribution in [0.2, 0.25) is 0 Å². The van der Waals surface area contributed by atoms with E-state index in [0.29, 0.717) is 11.5 Å². The normalized spacial score (nSPS) is 26.5. The van der Waals surface area contributed by atoms with Gasteiger partial charge < -0.3 is 14.4 Å². The van der Waals surface area contributed by atoms with Crippen molar-refractivity contribution >= 4 is 17.5 Å². The van der Waals surface area contributed by atoms with E-state index < -0.39 is 23.4 Å². The minimum Gasteiger partial charge on any atom is -0.454 e. The molecule has 31 heavy (non-hydrogen) atoms. The predicted octanol–water partition coefficient (Wildman–Crippen LogP) is 3.80. The molecule has 4 aliphatic rings. The molecule has 0 unspecified atom stereocenters. The summed E-state index contributed by atoms with van der Waals surface area (Å²) in [5, 5.41) is 20.8. The molecule has 0 aromatic heterocycles. The third-order valence-electron chi connectivity index (χ3n) is 6.94. The van der Waals surface area contributed by atoms with Crippen molar-refractivity contribution in [2.45, 2.75) is 30.8 Å². The fourth-order valence-electron chi connectivity index (χ4n) is 5.35. The highest BCUT2D eigenvalue weighted by Crippen LogP contribution is 2.57. The average Bonchev–Trinajstić information content (AvgIpc) is 3.48. The quantitative estimate of drug-likeness (QED) is 0.767. The Morgan fingerprint density at radius 2 is 1.84 bits per heavy atom. The average molecular weight is 409 g/mol. The Bertz CT molecular complexity index is 1200. The number of carbonyl (C=O) groups is 1. The highest BCUT2D eigenvalue weighted by Gasteiger charge is 2.64. The fourth-order valence-corrected chi connectivity index (χ4v) is 5.35. The number of nitrogens with zero attached hydrogens (tertiary/aromatic N) is 3. The summed E-state index contributed by atoms with van der Waals surface area (Å²) in [5.74, 6) is 0.722. The second kappa shape index (κ2) is 6.36. The summed E-state index contributed by atoms with van der Waals surface area (Å²) in [6, 6.07) is 16.9. The number of hydrogen-bond acceptors (Lipinski definition) is 6. The monoisotopic (exact) mass is 409 g/mol. The molecule has 3 aliphatic heterocycles. The van der Waals surface area contributed by atoms with Crippen molar-refractivity contribution in [1.82, 2.24) is 0 Å². The number of carbonyl (C=O) groups excluding carboxylic acids is 1. The maximum Gasteiger partial charge on any atom is 0.231 e. The lowest BCUT2D eigenvalue weighted by Crippen LogP contribution is -2.44. The number of para-hydroxylation sites is 1. The lowest BCUT2D eigenvalue weighted by molar-refractivity contribution is -0.121. The van der Waals surface area contributed by atoms with Gasteiger partial charge in [0.2, 0.25) is 6.79 Å². The van der Waals surface area contributed by atoms with Gasteiger partial charge >= 0.3 is 0 Å². The van der Waals surface area contributed by atoms with Crippen LogP contribution in [0.5, 0.6) is 11.5 Å². The Morgan fingerprint density at radius 3 is 2.61 bits per heavy atom. The van der Waals surface area contributed by atoms with Gasteiger partial charge in [-0.2, -0.15) is 10.5 Å². The molecular weight excluding hydrogens is 390 g/mol. The van der Waals surface area contributed by atoms with Crippen molar-refractivity contribution in [3.8, 4) is 23.6 Å². The Labute approximate surface area is 179 Å². The van der Waals surface area contributed by atoms with Gasteiger partial charge in [-0.15, -0.1) is 0 Å². The van der Waals surface area contributed by atoms with Crippen LogP contribution in [0, 0.1) is 34.0 Å². The van der Waals surface area contributed by atoms with Crippen molar-refractivity contribution in [2.75, 3.05) is 11.7 Å². The van der Waals surface area contributed by atoms with Gasteiger partial charge in [-0.05, 0) is 42.2 Å². The summed E-state index contributed by atoms with van der Waals surface area (Å²) in [5.41, 5.74) is 1.23. The topological polar surface area (TPSA) is 86.4 Å². The van der Waals surface area contributed by atoms with Crippen molar-refractivity contribution in [3.63, 3.8) is 0 Å². The molecule has 2 aromatic rings. The first-order valence-corrected chi connectivity index (χ1v) is 10.5. The summed E-state index contributed by atoms with van der Waals surface area (Å²) in [4.78, 5) is 15.7. The smallest absolute Gasteiger partial charge is 0.231 e. The van der Waals surface area contributed by atoms with E-state index in [2.05, 4.69) is 12.1 Å². The molecule has 6 heteroatoms. The minimum absolute atomic E-state index is 0.00610. The number of benzene rings is 2.